The number of fused-ring (bicyclic) bond motifs is 1. The molecule has 134 valence electrons. The Morgan fingerprint density at radius 3 is 2.80 bits per heavy atom. The van der Waals surface area contributed by atoms with Crippen molar-refractivity contribution in [1.82, 2.24) is 19.8 Å². The average Bonchev–Trinajstić information content (AvgIpc) is 3.29. The fraction of sp³-hybridized carbons (Fsp3) is 0.579. The van der Waals surface area contributed by atoms with Crippen molar-refractivity contribution in [1.29, 1.82) is 0 Å². The first-order valence-corrected chi connectivity index (χ1v) is 9.19. The number of carboxylic acid groups (broad SMARTS) is 1. The molecule has 2 saturated carbocycles. The Labute approximate surface area is 147 Å². The quantitative estimate of drug-likeness (QED) is 0.768. The van der Waals surface area contributed by atoms with Gasteiger partial charge in [-0.3, -0.25) is 9.69 Å². The van der Waals surface area contributed by atoms with Crippen LogP contribution < -0.4 is 5.32 Å². The van der Waals surface area contributed by atoms with Crippen LogP contribution in [0.15, 0.2) is 24.3 Å². The molecule has 0 atom stereocenters. The number of benzene rings is 1. The van der Waals surface area contributed by atoms with Crippen LogP contribution in [-0.2, 0) is 18.4 Å². The molecule has 2 aliphatic rings. The van der Waals surface area contributed by atoms with E-state index < -0.39 is 5.97 Å². The van der Waals surface area contributed by atoms with E-state index in [0.717, 1.165) is 48.7 Å². The molecule has 0 radical (unpaired) electrons. The van der Waals surface area contributed by atoms with Crippen LogP contribution in [0.2, 0.25) is 0 Å². The summed E-state index contributed by atoms with van der Waals surface area (Å²) in [6.45, 7) is 1.89. The minimum absolute atomic E-state index is 0.179. The number of imidazole rings is 1. The number of rotatable bonds is 8. The van der Waals surface area contributed by atoms with Gasteiger partial charge in [-0.05, 0) is 43.7 Å². The van der Waals surface area contributed by atoms with Crippen LogP contribution in [-0.4, -0.2) is 50.7 Å². The molecule has 6 heteroatoms. The molecular weight excluding hydrogens is 316 g/mol. The monoisotopic (exact) mass is 342 g/mol. The molecule has 1 aromatic heterocycles. The first kappa shape index (κ1) is 16.5. The van der Waals surface area contributed by atoms with Gasteiger partial charge in [0.15, 0.2) is 0 Å². The highest BCUT2D eigenvalue weighted by molar-refractivity contribution is 5.75. The van der Waals surface area contributed by atoms with Crippen LogP contribution in [0, 0.1) is 5.92 Å². The predicted octanol–water partition coefficient (Wildman–Crippen LogP) is 1.99. The highest BCUT2D eigenvalue weighted by Gasteiger charge is 2.36. The minimum Gasteiger partial charge on any atom is -0.480 e. The fourth-order valence-electron chi connectivity index (χ4n) is 3.79. The lowest BCUT2D eigenvalue weighted by Gasteiger charge is -2.43. The Hall–Kier alpha value is -1.92. The fourth-order valence-corrected chi connectivity index (χ4v) is 3.79. The molecule has 1 aromatic carbocycles. The van der Waals surface area contributed by atoms with Crippen molar-refractivity contribution in [2.24, 2.45) is 13.0 Å². The summed E-state index contributed by atoms with van der Waals surface area (Å²) in [5.74, 6) is 1.06. The van der Waals surface area contributed by atoms with E-state index in [2.05, 4.69) is 27.9 Å². The number of para-hydroxylation sites is 2. The second kappa shape index (κ2) is 6.77. The van der Waals surface area contributed by atoms with Gasteiger partial charge in [0.1, 0.15) is 5.82 Å². The summed E-state index contributed by atoms with van der Waals surface area (Å²) in [5.41, 5.74) is 2.19. The molecular formula is C19H26N4O2. The van der Waals surface area contributed by atoms with E-state index in [-0.39, 0.29) is 6.54 Å². The van der Waals surface area contributed by atoms with Gasteiger partial charge in [0.05, 0.1) is 24.1 Å². The smallest absolute Gasteiger partial charge is 0.317 e. The third-order valence-corrected chi connectivity index (χ3v) is 5.59. The Morgan fingerprint density at radius 2 is 2.12 bits per heavy atom. The van der Waals surface area contributed by atoms with Crippen molar-refractivity contribution >= 4 is 17.0 Å². The van der Waals surface area contributed by atoms with Crippen molar-refractivity contribution in [2.45, 2.75) is 44.3 Å². The third kappa shape index (κ3) is 3.70. The van der Waals surface area contributed by atoms with E-state index >= 15 is 0 Å². The van der Waals surface area contributed by atoms with E-state index in [1.165, 1.54) is 12.8 Å². The van der Waals surface area contributed by atoms with Gasteiger partial charge in [-0.15, -0.1) is 0 Å². The molecule has 25 heavy (non-hydrogen) atoms. The summed E-state index contributed by atoms with van der Waals surface area (Å²) in [7, 11) is 2.06. The number of aliphatic carboxylic acids is 1. The maximum absolute atomic E-state index is 11.1. The molecule has 2 N–H and O–H groups in total. The summed E-state index contributed by atoms with van der Waals surface area (Å²) in [6.07, 6.45) is 4.59. The number of carbonyl (C=O) groups is 1. The van der Waals surface area contributed by atoms with E-state index in [4.69, 9.17) is 10.1 Å². The molecule has 0 aliphatic heterocycles. The first-order chi connectivity index (χ1) is 12.1. The molecule has 2 aliphatic carbocycles. The molecule has 0 bridgehead atoms. The van der Waals surface area contributed by atoms with Gasteiger partial charge in [0.25, 0.3) is 0 Å². The van der Waals surface area contributed by atoms with Gasteiger partial charge in [-0.1, -0.05) is 12.1 Å². The summed E-state index contributed by atoms with van der Waals surface area (Å²) in [6, 6.07) is 9.05. The Bertz CT molecular complexity index is 762. The topological polar surface area (TPSA) is 70.4 Å². The normalized spacial score (nSPS) is 23.1. The maximum atomic E-state index is 11.1. The van der Waals surface area contributed by atoms with Crippen LogP contribution in [0.25, 0.3) is 11.0 Å². The van der Waals surface area contributed by atoms with Crippen LogP contribution in [0.4, 0.5) is 0 Å². The highest BCUT2D eigenvalue weighted by atomic mass is 16.4. The number of hydrogen-bond donors (Lipinski definition) is 2. The van der Waals surface area contributed by atoms with Crippen molar-refractivity contribution in [3.8, 4) is 0 Å². The number of nitrogens with zero attached hydrogens (tertiary/aromatic N) is 3. The number of nitrogens with one attached hydrogen (secondary N) is 1. The second-order valence-corrected chi connectivity index (χ2v) is 7.55. The van der Waals surface area contributed by atoms with Gasteiger partial charge in [-0.2, -0.15) is 0 Å². The van der Waals surface area contributed by atoms with Gasteiger partial charge >= 0.3 is 5.97 Å². The molecule has 4 rings (SSSR count). The summed E-state index contributed by atoms with van der Waals surface area (Å²) >= 11 is 0. The third-order valence-electron chi connectivity index (χ3n) is 5.59. The van der Waals surface area contributed by atoms with Crippen LogP contribution in [0.1, 0.15) is 31.5 Å². The second-order valence-electron chi connectivity index (χ2n) is 7.55. The van der Waals surface area contributed by atoms with Crippen molar-refractivity contribution in [3.63, 3.8) is 0 Å². The number of hydrogen-bond acceptors (Lipinski definition) is 4. The SMILES string of the molecule is Cn1c(CNC2CC(N(CC(=O)O)CC3CC3)C2)nc2ccccc21. The molecule has 2 aromatic rings. The van der Waals surface area contributed by atoms with E-state index in [1.54, 1.807) is 0 Å². The Kier molecular flexibility index (Phi) is 4.48. The van der Waals surface area contributed by atoms with Crippen molar-refractivity contribution < 1.29 is 9.90 Å². The zero-order valence-electron chi connectivity index (χ0n) is 14.7. The molecule has 0 amide bonds. The van der Waals surface area contributed by atoms with Crippen LogP contribution in [0.5, 0.6) is 0 Å². The van der Waals surface area contributed by atoms with Crippen LogP contribution in [0.3, 0.4) is 0 Å². The standard InChI is InChI=1S/C19H26N4O2/c1-22-17-5-3-2-4-16(17)21-18(22)10-20-14-8-15(9-14)23(12-19(24)25)11-13-6-7-13/h2-5,13-15,20H,6-12H2,1H3,(H,24,25). The largest absolute Gasteiger partial charge is 0.480 e. The van der Waals surface area contributed by atoms with Crippen LogP contribution >= 0.6 is 0 Å². The maximum Gasteiger partial charge on any atom is 0.317 e. The lowest BCUT2D eigenvalue weighted by Crippen LogP contribution is -2.54. The number of aryl methyl sites for hydroxylation is 1. The molecule has 0 unspecified atom stereocenters. The van der Waals surface area contributed by atoms with Gasteiger partial charge in [0, 0.05) is 25.7 Å². The van der Waals surface area contributed by atoms with E-state index in [1.807, 2.05) is 18.2 Å². The molecule has 0 saturated heterocycles. The molecule has 1 heterocycles. The van der Waals surface area contributed by atoms with E-state index in [0.29, 0.717) is 12.1 Å². The predicted molar refractivity (Wildman–Crippen MR) is 96.3 cm³/mol. The van der Waals surface area contributed by atoms with E-state index in [9.17, 15) is 4.79 Å². The summed E-state index contributed by atoms with van der Waals surface area (Å²) in [5, 5.41) is 12.7. The molecule has 6 nitrogen and oxygen atoms in total. The zero-order chi connectivity index (χ0) is 17.4. The van der Waals surface area contributed by atoms with Gasteiger partial charge < -0.3 is 15.0 Å². The van der Waals surface area contributed by atoms with Crippen molar-refractivity contribution in [3.05, 3.63) is 30.1 Å². The minimum atomic E-state index is -0.711. The number of carboxylic acids is 1. The lowest BCUT2D eigenvalue weighted by atomic mass is 9.85. The lowest BCUT2D eigenvalue weighted by molar-refractivity contribution is -0.139. The highest BCUT2D eigenvalue weighted by Crippen LogP contribution is 2.33. The van der Waals surface area contributed by atoms with Crippen molar-refractivity contribution in [2.75, 3.05) is 13.1 Å². The summed E-state index contributed by atoms with van der Waals surface area (Å²) < 4.78 is 2.14. The van der Waals surface area contributed by atoms with Gasteiger partial charge in [-0.25, -0.2) is 4.98 Å². The molecule has 0 spiro atoms. The Morgan fingerprint density at radius 1 is 1.36 bits per heavy atom. The molecule has 2 fully saturated rings. The Balaban J connectivity index is 1.30. The zero-order valence-corrected chi connectivity index (χ0v) is 14.7. The first-order valence-electron chi connectivity index (χ1n) is 9.19. The average molecular weight is 342 g/mol. The van der Waals surface area contributed by atoms with Gasteiger partial charge in [0.2, 0.25) is 0 Å². The summed E-state index contributed by atoms with van der Waals surface area (Å²) in [4.78, 5) is 18.0. The number of aromatic nitrogens is 2.